The fourth-order valence-electron chi connectivity index (χ4n) is 2.65. The Bertz CT molecular complexity index is 1090. The molecule has 0 aliphatic heterocycles. The predicted molar refractivity (Wildman–Crippen MR) is 102 cm³/mol. The van der Waals surface area contributed by atoms with Crippen molar-refractivity contribution in [2.75, 3.05) is 5.43 Å². The first-order chi connectivity index (χ1) is 12.6. The molecule has 2 N–H and O–H groups in total. The molecular formula is C18H16N6OS. The number of benzene rings is 1. The number of fused-ring (bicyclic) bond motifs is 1. The van der Waals surface area contributed by atoms with Gasteiger partial charge in [-0.2, -0.15) is 5.10 Å². The minimum atomic E-state index is -0.214. The van der Waals surface area contributed by atoms with Crippen molar-refractivity contribution in [3.63, 3.8) is 0 Å². The van der Waals surface area contributed by atoms with Crippen LogP contribution in [0.25, 0.3) is 16.7 Å². The average molecular weight is 364 g/mol. The molecule has 3 aromatic heterocycles. The van der Waals surface area contributed by atoms with Crippen LogP contribution in [0.4, 0.5) is 5.82 Å². The normalized spacial score (nSPS) is 10.8. The van der Waals surface area contributed by atoms with Gasteiger partial charge in [-0.3, -0.25) is 15.6 Å². The molecule has 0 spiro atoms. The van der Waals surface area contributed by atoms with Crippen LogP contribution in [0.1, 0.15) is 20.8 Å². The molecule has 4 rings (SSSR count). The van der Waals surface area contributed by atoms with E-state index in [0.717, 1.165) is 22.2 Å². The highest BCUT2D eigenvalue weighted by atomic mass is 32.1. The van der Waals surface area contributed by atoms with Gasteiger partial charge < -0.3 is 0 Å². The zero-order chi connectivity index (χ0) is 18.1. The Hall–Kier alpha value is -3.26. The number of carbonyl (C=O) groups excluding carboxylic acids is 1. The van der Waals surface area contributed by atoms with E-state index < -0.39 is 0 Å². The predicted octanol–water partition coefficient (Wildman–Crippen LogP) is 3.25. The van der Waals surface area contributed by atoms with Crippen LogP contribution in [0.3, 0.4) is 0 Å². The number of amides is 1. The number of hydrogen-bond acceptors (Lipinski definition) is 6. The zero-order valence-corrected chi connectivity index (χ0v) is 15.0. The Morgan fingerprint density at radius 2 is 2.08 bits per heavy atom. The maximum atomic E-state index is 12.1. The minimum Gasteiger partial charge on any atom is -0.281 e. The molecule has 0 saturated heterocycles. The summed E-state index contributed by atoms with van der Waals surface area (Å²) in [6.07, 6.45) is 3.14. The molecule has 8 heteroatoms. The molecule has 0 aliphatic rings. The Morgan fingerprint density at radius 1 is 1.19 bits per heavy atom. The maximum absolute atomic E-state index is 12.1. The second kappa shape index (κ2) is 6.57. The summed E-state index contributed by atoms with van der Waals surface area (Å²) in [6.45, 7) is 4.07. The maximum Gasteiger partial charge on any atom is 0.279 e. The van der Waals surface area contributed by atoms with Crippen LogP contribution in [0.15, 0.2) is 48.2 Å². The Balaban J connectivity index is 1.67. The number of nitrogens with zero attached hydrogens (tertiary/aromatic N) is 4. The molecule has 0 bridgehead atoms. The van der Waals surface area contributed by atoms with Crippen molar-refractivity contribution >= 4 is 34.1 Å². The highest BCUT2D eigenvalue weighted by molar-refractivity contribution is 7.12. The average Bonchev–Trinajstić information content (AvgIpc) is 3.31. The summed E-state index contributed by atoms with van der Waals surface area (Å²) < 4.78 is 1.78. The summed E-state index contributed by atoms with van der Waals surface area (Å²) in [5.41, 5.74) is 9.40. The van der Waals surface area contributed by atoms with Gasteiger partial charge in [0.2, 0.25) is 0 Å². The van der Waals surface area contributed by atoms with Crippen LogP contribution in [0, 0.1) is 13.8 Å². The molecule has 0 aliphatic carbocycles. The molecule has 130 valence electrons. The summed E-state index contributed by atoms with van der Waals surface area (Å²) in [4.78, 5) is 21.3. The Labute approximate surface area is 153 Å². The molecule has 26 heavy (non-hydrogen) atoms. The van der Waals surface area contributed by atoms with E-state index in [1.165, 1.54) is 17.7 Å². The van der Waals surface area contributed by atoms with E-state index >= 15 is 0 Å². The van der Waals surface area contributed by atoms with Crippen LogP contribution in [0.5, 0.6) is 0 Å². The molecule has 1 amide bonds. The molecule has 3 heterocycles. The number of thiophene rings is 1. The number of nitrogens with one attached hydrogen (secondary N) is 2. The fourth-order valence-corrected chi connectivity index (χ4v) is 3.27. The van der Waals surface area contributed by atoms with Gasteiger partial charge in [0.05, 0.1) is 22.1 Å². The first kappa shape index (κ1) is 16.2. The molecular weight excluding hydrogens is 348 g/mol. The number of carbonyl (C=O) groups is 1. The van der Waals surface area contributed by atoms with Gasteiger partial charge >= 0.3 is 0 Å². The minimum absolute atomic E-state index is 0.214. The molecule has 4 aromatic rings. The van der Waals surface area contributed by atoms with E-state index in [1.807, 2.05) is 25.3 Å². The molecule has 0 radical (unpaired) electrons. The lowest BCUT2D eigenvalue weighted by molar-refractivity contribution is 0.0966. The number of hydrazine groups is 1. The largest absolute Gasteiger partial charge is 0.281 e. The first-order valence-corrected chi connectivity index (χ1v) is 8.87. The van der Waals surface area contributed by atoms with Crippen molar-refractivity contribution in [3.8, 4) is 5.69 Å². The fraction of sp³-hybridized carbons (Fsp3) is 0.111. The molecule has 0 saturated carbocycles. The number of aromatic nitrogens is 4. The van der Waals surface area contributed by atoms with Gasteiger partial charge in [-0.1, -0.05) is 18.2 Å². The summed E-state index contributed by atoms with van der Waals surface area (Å²) in [6, 6.07) is 9.77. The second-order valence-corrected chi connectivity index (χ2v) is 6.81. The molecule has 0 fully saturated rings. The lowest BCUT2D eigenvalue weighted by Gasteiger charge is -2.09. The molecule has 0 atom stereocenters. The van der Waals surface area contributed by atoms with Gasteiger partial charge in [0.25, 0.3) is 5.91 Å². The van der Waals surface area contributed by atoms with Gasteiger partial charge in [0.1, 0.15) is 6.33 Å². The van der Waals surface area contributed by atoms with E-state index in [1.54, 1.807) is 16.9 Å². The molecule has 0 unspecified atom stereocenters. The summed E-state index contributed by atoms with van der Waals surface area (Å²) in [7, 11) is 0. The SMILES string of the molecule is Cc1ccc(C)c(-n2ncc3c(NNC(=O)c4cccs4)ncnc32)c1. The lowest BCUT2D eigenvalue weighted by Crippen LogP contribution is -2.29. The van der Waals surface area contributed by atoms with E-state index in [2.05, 4.69) is 44.1 Å². The van der Waals surface area contributed by atoms with Crippen molar-refractivity contribution in [1.29, 1.82) is 0 Å². The lowest BCUT2D eigenvalue weighted by atomic mass is 10.1. The van der Waals surface area contributed by atoms with E-state index in [4.69, 9.17) is 0 Å². The third-order valence-electron chi connectivity index (χ3n) is 4.00. The van der Waals surface area contributed by atoms with Crippen LogP contribution >= 0.6 is 11.3 Å². The Morgan fingerprint density at radius 3 is 2.88 bits per heavy atom. The smallest absolute Gasteiger partial charge is 0.279 e. The van der Waals surface area contributed by atoms with Crippen LogP contribution in [-0.4, -0.2) is 25.7 Å². The number of anilines is 1. The summed E-state index contributed by atoms with van der Waals surface area (Å²) >= 11 is 1.37. The van der Waals surface area contributed by atoms with E-state index in [-0.39, 0.29) is 5.91 Å². The van der Waals surface area contributed by atoms with E-state index in [0.29, 0.717) is 16.3 Å². The quantitative estimate of drug-likeness (QED) is 0.543. The van der Waals surface area contributed by atoms with Crippen molar-refractivity contribution in [2.24, 2.45) is 0 Å². The van der Waals surface area contributed by atoms with Gasteiger partial charge in [-0.25, -0.2) is 14.6 Å². The zero-order valence-electron chi connectivity index (χ0n) is 14.2. The second-order valence-electron chi connectivity index (χ2n) is 5.86. The third kappa shape index (κ3) is 2.91. The first-order valence-electron chi connectivity index (χ1n) is 8.00. The topological polar surface area (TPSA) is 84.7 Å². The Kier molecular flexibility index (Phi) is 4.10. The van der Waals surface area contributed by atoms with Crippen LogP contribution in [-0.2, 0) is 0 Å². The highest BCUT2D eigenvalue weighted by Gasteiger charge is 2.14. The van der Waals surface area contributed by atoms with Crippen molar-refractivity contribution < 1.29 is 4.79 Å². The van der Waals surface area contributed by atoms with E-state index in [9.17, 15) is 4.79 Å². The number of aryl methyl sites for hydroxylation is 2. The highest BCUT2D eigenvalue weighted by Crippen LogP contribution is 2.23. The number of hydrogen-bond donors (Lipinski definition) is 2. The third-order valence-corrected chi connectivity index (χ3v) is 4.87. The molecule has 1 aromatic carbocycles. The van der Waals surface area contributed by atoms with Gasteiger partial charge in [-0.05, 0) is 42.5 Å². The summed E-state index contributed by atoms with van der Waals surface area (Å²) in [5, 5.41) is 7.04. The monoisotopic (exact) mass is 364 g/mol. The van der Waals surface area contributed by atoms with Crippen molar-refractivity contribution in [1.82, 2.24) is 25.2 Å². The van der Waals surface area contributed by atoms with Crippen molar-refractivity contribution in [2.45, 2.75) is 13.8 Å². The van der Waals surface area contributed by atoms with Crippen molar-refractivity contribution in [3.05, 3.63) is 64.2 Å². The van der Waals surface area contributed by atoms with Gasteiger partial charge in [0.15, 0.2) is 11.5 Å². The van der Waals surface area contributed by atoms with Gasteiger partial charge in [-0.15, -0.1) is 11.3 Å². The molecule has 7 nitrogen and oxygen atoms in total. The van der Waals surface area contributed by atoms with Gasteiger partial charge in [0, 0.05) is 0 Å². The number of rotatable bonds is 4. The standard InChI is InChI=1S/C18H16N6OS/c1-11-5-6-12(2)14(8-11)24-17-13(9-21-24)16(19-10-20-17)22-23-18(25)15-4-3-7-26-15/h3-10H,1-2H3,(H,23,25)(H,19,20,22). The summed E-state index contributed by atoms with van der Waals surface area (Å²) in [5.74, 6) is 0.283. The van der Waals surface area contributed by atoms with Crippen LogP contribution in [0.2, 0.25) is 0 Å². The van der Waals surface area contributed by atoms with Crippen LogP contribution < -0.4 is 10.9 Å².